The summed E-state index contributed by atoms with van der Waals surface area (Å²) in [5.41, 5.74) is 2.58. The highest BCUT2D eigenvalue weighted by Crippen LogP contribution is 2.30. The third kappa shape index (κ3) is 3.36. The summed E-state index contributed by atoms with van der Waals surface area (Å²) in [5.74, 6) is -0.158. The van der Waals surface area contributed by atoms with Crippen LogP contribution >= 0.6 is 11.3 Å². The van der Waals surface area contributed by atoms with Crippen LogP contribution in [0, 0.1) is 0 Å². The van der Waals surface area contributed by atoms with E-state index in [4.69, 9.17) is 0 Å². The molecule has 2 aliphatic carbocycles. The first kappa shape index (κ1) is 15.4. The fraction of sp³-hybridized carbons (Fsp3) is 0.368. The third-order valence-electron chi connectivity index (χ3n) is 4.52. The van der Waals surface area contributed by atoms with Crippen LogP contribution in [0.5, 0.6) is 0 Å². The Labute approximate surface area is 145 Å². The molecule has 1 saturated carbocycles. The number of nitrogens with one attached hydrogen (secondary N) is 2. The standard InChI is InChI=1S/C19H20N2O2S/c22-18(20-14-8-9-14)13-5-3-6-15(10-13)21-19(23)17-11-12-4-1-2-7-16(12)24-17/h3,5-6,10-11,14H,1-2,4,7-9H2,(H,20,22)(H,21,23). The van der Waals surface area contributed by atoms with Crippen LogP contribution in [0.2, 0.25) is 0 Å². The molecule has 2 amide bonds. The number of anilines is 1. The molecule has 0 unspecified atom stereocenters. The van der Waals surface area contributed by atoms with Gasteiger partial charge in [0.2, 0.25) is 0 Å². The second-order valence-electron chi connectivity index (χ2n) is 6.55. The Balaban J connectivity index is 1.47. The Bertz CT molecular complexity index is 769. The Morgan fingerprint density at radius 3 is 2.67 bits per heavy atom. The maximum Gasteiger partial charge on any atom is 0.265 e. The van der Waals surface area contributed by atoms with Crippen molar-refractivity contribution in [2.45, 2.75) is 44.6 Å². The maximum absolute atomic E-state index is 12.5. The zero-order valence-electron chi connectivity index (χ0n) is 13.4. The van der Waals surface area contributed by atoms with Crippen LogP contribution < -0.4 is 10.6 Å². The lowest BCUT2D eigenvalue weighted by molar-refractivity contribution is 0.0949. The lowest BCUT2D eigenvalue weighted by atomic mass is 9.99. The summed E-state index contributed by atoms with van der Waals surface area (Å²) in [5, 5.41) is 5.89. The number of benzene rings is 1. The summed E-state index contributed by atoms with van der Waals surface area (Å²) >= 11 is 1.60. The number of carbonyl (C=O) groups excluding carboxylic acids is 2. The zero-order chi connectivity index (χ0) is 16.5. The monoisotopic (exact) mass is 340 g/mol. The summed E-state index contributed by atoms with van der Waals surface area (Å²) < 4.78 is 0. The van der Waals surface area contributed by atoms with E-state index >= 15 is 0 Å². The highest BCUT2D eigenvalue weighted by atomic mass is 32.1. The zero-order valence-corrected chi connectivity index (χ0v) is 14.2. The molecule has 0 spiro atoms. The van der Waals surface area contributed by atoms with Crippen LogP contribution in [0.4, 0.5) is 5.69 Å². The Hall–Kier alpha value is -2.14. The van der Waals surface area contributed by atoms with Gasteiger partial charge >= 0.3 is 0 Å². The van der Waals surface area contributed by atoms with Gasteiger partial charge in [0.15, 0.2) is 0 Å². The van der Waals surface area contributed by atoms with Crippen molar-refractivity contribution in [2.75, 3.05) is 5.32 Å². The van der Waals surface area contributed by atoms with Crippen LogP contribution in [0.15, 0.2) is 30.3 Å². The van der Waals surface area contributed by atoms with Crippen molar-refractivity contribution in [3.05, 3.63) is 51.2 Å². The molecule has 1 aromatic heterocycles. The van der Waals surface area contributed by atoms with Gasteiger partial charge in [-0.05, 0) is 68.4 Å². The average molecular weight is 340 g/mol. The van der Waals surface area contributed by atoms with Crippen LogP contribution in [-0.2, 0) is 12.8 Å². The van der Waals surface area contributed by atoms with E-state index in [1.54, 1.807) is 29.5 Å². The van der Waals surface area contributed by atoms with Crippen molar-refractivity contribution < 1.29 is 9.59 Å². The summed E-state index contributed by atoms with van der Waals surface area (Å²) in [4.78, 5) is 26.7. The molecule has 0 radical (unpaired) electrons. The van der Waals surface area contributed by atoms with E-state index in [1.165, 1.54) is 23.3 Å². The van der Waals surface area contributed by atoms with E-state index in [0.717, 1.165) is 30.6 Å². The molecule has 124 valence electrons. The largest absolute Gasteiger partial charge is 0.349 e. The molecule has 4 nitrogen and oxygen atoms in total. The van der Waals surface area contributed by atoms with Gasteiger partial charge in [-0.2, -0.15) is 0 Å². The van der Waals surface area contributed by atoms with Crippen LogP contribution in [0.25, 0.3) is 0 Å². The lowest BCUT2D eigenvalue weighted by Gasteiger charge is -2.08. The van der Waals surface area contributed by atoms with Gasteiger partial charge in [0.25, 0.3) is 11.8 Å². The minimum atomic E-state index is -0.0887. The minimum absolute atomic E-state index is 0.0693. The first-order valence-electron chi connectivity index (χ1n) is 8.53. The molecule has 2 aliphatic rings. The Kier molecular flexibility index (Phi) is 4.10. The third-order valence-corrected chi connectivity index (χ3v) is 5.75. The highest BCUT2D eigenvalue weighted by Gasteiger charge is 2.24. The van der Waals surface area contributed by atoms with E-state index in [-0.39, 0.29) is 11.8 Å². The SMILES string of the molecule is O=C(NC1CC1)c1cccc(NC(=O)c2cc3c(s2)CCCC3)c1. The molecule has 0 saturated heterocycles. The Morgan fingerprint density at radius 2 is 1.88 bits per heavy atom. The van der Waals surface area contributed by atoms with Crippen molar-refractivity contribution in [1.29, 1.82) is 0 Å². The van der Waals surface area contributed by atoms with Crippen LogP contribution in [-0.4, -0.2) is 17.9 Å². The predicted octanol–water partition coefficient (Wildman–Crippen LogP) is 3.77. The molecule has 4 rings (SSSR count). The number of fused-ring (bicyclic) bond motifs is 1. The van der Waals surface area contributed by atoms with Crippen molar-refractivity contribution >= 4 is 28.8 Å². The van der Waals surface area contributed by atoms with E-state index in [0.29, 0.717) is 17.3 Å². The van der Waals surface area contributed by atoms with Gasteiger partial charge in [0.05, 0.1) is 4.88 Å². The van der Waals surface area contributed by atoms with Crippen LogP contribution in [0.1, 0.15) is 56.2 Å². The second-order valence-corrected chi connectivity index (χ2v) is 7.69. The second kappa shape index (κ2) is 6.40. The summed E-state index contributed by atoms with van der Waals surface area (Å²) in [6.45, 7) is 0. The maximum atomic E-state index is 12.5. The van der Waals surface area contributed by atoms with Gasteiger partial charge in [-0.15, -0.1) is 11.3 Å². The number of hydrogen-bond acceptors (Lipinski definition) is 3. The van der Waals surface area contributed by atoms with E-state index < -0.39 is 0 Å². The molecule has 0 atom stereocenters. The van der Waals surface area contributed by atoms with Crippen molar-refractivity contribution in [3.63, 3.8) is 0 Å². The molecule has 1 heterocycles. The number of hydrogen-bond donors (Lipinski definition) is 2. The number of rotatable bonds is 4. The number of thiophene rings is 1. The molecule has 0 bridgehead atoms. The van der Waals surface area contributed by atoms with Gasteiger partial charge in [-0.3, -0.25) is 9.59 Å². The van der Waals surface area contributed by atoms with Gasteiger partial charge < -0.3 is 10.6 Å². The average Bonchev–Trinajstić information content (AvgIpc) is 3.29. The van der Waals surface area contributed by atoms with Crippen molar-refractivity contribution in [1.82, 2.24) is 5.32 Å². The highest BCUT2D eigenvalue weighted by molar-refractivity contribution is 7.14. The van der Waals surface area contributed by atoms with Crippen molar-refractivity contribution in [2.24, 2.45) is 0 Å². The fourth-order valence-electron chi connectivity index (χ4n) is 3.03. The molecular weight excluding hydrogens is 320 g/mol. The summed E-state index contributed by atoms with van der Waals surface area (Å²) in [6, 6.07) is 9.49. The quantitative estimate of drug-likeness (QED) is 0.890. The normalized spacial score (nSPS) is 16.3. The molecule has 5 heteroatoms. The molecule has 2 aromatic rings. The predicted molar refractivity (Wildman–Crippen MR) is 95.8 cm³/mol. The van der Waals surface area contributed by atoms with E-state index in [9.17, 15) is 9.59 Å². The molecule has 24 heavy (non-hydrogen) atoms. The first-order chi connectivity index (χ1) is 11.7. The molecule has 1 fully saturated rings. The molecule has 0 aliphatic heterocycles. The number of carbonyl (C=O) groups is 2. The van der Waals surface area contributed by atoms with Gasteiger partial charge in [-0.1, -0.05) is 6.07 Å². The first-order valence-corrected chi connectivity index (χ1v) is 9.34. The van der Waals surface area contributed by atoms with Crippen molar-refractivity contribution in [3.8, 4) is 0 Å². The van der Waals surface area contributed by atoms with Gasteiger partial charge in [0, 0.05) is 22.2 Å². The van der Waals surface area contributed by atoms with E-state index in [1.807, 2.05) is 12.1 Å². The Morgan fingerprint density at radius 1 is 1.04 bits per heavy atom. The molecular formula is C19H20N2O2S. The van der Waals surface area contributed by atoms with Gasteiger partial charge in [0.1, 0.15) is 0 Å². The molecule has 2 N–H and O–H groups in total. The van der Waals surface area contributed by atoms with Gasteiger partial charge in [-0.25, -0.2) is 0 Å². The molecule has 1 aromatic carbocycles. The fourth-order valence-corrected chi connectivity index (χ4v) is 4.18. The summed E-state index contributed by atoms with van der Waals surface area (Å²) in [6.07, 6.45) is 6.71. The number of amides is 2. The van der Waals surface area contributed by atoms with E-state index in [2.05, 4.69) is 10.6 Å². The lowest BCUT2D eigenvalue weighted by Crippen LogP contribution is -2.25. The summed E-state index contributed by atoms with van der Waals surface area (Å²) in [7, 11) is 0. The topological polar surface area (TPSA) is 58.2 Å². The number of aryl methyl sites for hydroxylation is 2. The van der Waals surface area contributed by atoms with Crippen LogP contribution in [0.3, 0.4) is 0 Å². The minimum Gasteiger partial charge on any atom is -0.349 e. The smallest absolute Gasteiger partial charge is 0.265 e.